The molecular weight excluding hydrogens is 176 g/mol. The van der Waals surface area contributed by atoms with Crippen molar-refractivity contribution in [3.05, 3.63) is 17.2 Å². The molecule has 1 fully saturated rings. The highest BCUT2D eigenvalue weighted by Crippen LogP contribution is 2.34. The molecule has 0 atom stereocenters. The summed E-state index contributed by atoms with van der Waals surface area (Å²) in [5.74, 6) is 1.13. The summed E-state index contributed by atoms with van der Waals surface area (Å²) in [5, 5.41) is 0. The zero-order chi connectivity index (χ0) is 10.1. The highest BCUT2D eigenvalue weighted by atomic mass is 16.1. The van der Waals surface area contributed by atoms with Crippen molar-refractivity contribution in [1.29, 1.82) is 0 Å². The Kier molecular flexibility index (Phi) is 2.40. The number of Topliss-reactive ketones (excluding diaryl/α,β-unsaturated/α-hetero) is 1. The summed E-state index contributed by atoms with van der Waals surface area (Å²) >= 11 is 0. The number of aromatic nitrogens is 2. The van der Waals surface area contributed by atoms with Crippen LogP contribution in [-0.4, -0.2) is 15.8 Å². The van der Waals surface area contributed by atoms with Crippen LogP contribution in [0.1, 0.15) is 60.5 Å². The summed E-state index contributed by atoms with van der Waals surface area (Å²) in [6.45, 7) is 3.56. The molecule has 3 heteroatoms. The van der Waals surface area contributed by atoms with Crippen LogP contribution in [-0.2, 0) is 0 Å². The second-order valence-electron chi connectivity index (χ2n) is 4.13. The summed E-state index contributed by atoms with van der Waals surface area (Å²) < 4.78 is 0. The van der Waals surface area contributed by atoms with Crippen molar-refractivity contribution < 1.29 is 4.79 Å². The van der Waals surface area contributed by atoms with Gasteiger partial charge in [-0.15, -0.1) is 0 Å². The van der Waals surface area contributed by atoms with Gasteiger partial charge in [0.25, 0.3) is 0 Å². The lowest BCUT2D eigenvalue weighted by molar-refractivity contribution is 0.100. The van der Waals surface area contributed by atoms with Gasteiger partial charge in [0.2, 0.25) is 0 Å². The molecule has 0 aromatic carbocycles. The number of nitrogens with one attached hydrogen (secondary N) is 1. The van der Waals surface area contributed by atoms with Gasteiger partial charge in [-0.25, -0.2) is 4.98 Å². The molecule has 2 rings (SSSR count). The number of aromatic amines is 1. The highest BCUT2D eigenvalue weighted by Gasteiger charge is 2.22. The molecule has 1 N–H and O–H groups in total. The second-order valence-corrected chi connectivity index (χ2v) is 4.13. The van der Waals surface area contributed by atoms with Crippen LogP contribution in [0.2, 0.25) is 0 Å². The fraction of sp³-hybridized carbons (Fsp3) is 0.636. The topological polar surface area (TPSA) is 45.8 Å². The normalized spacial score (nSPS) is 17.6. The molecule has 1 aromatic rings. The lowest BCUT2D eigenvalue weighted by Crippen LogP contribution is -1.97. The van der Waals surface area contributed by atoms with E-state index in [2.05, 4.69) is 9.97 Å². The number of hydrogen-bond acceptors (Lipinski definition) is 2. The van der Waals surface area contributed by atoms with Crippen molar-refractivity contribution >= 4 is 5.78 Å². The Hall–Kier alpha value is -1.12. The molecule has 1 aromatic heterocycles. The molecule has 1 aliphatic rings. The van der Waals surface area contributed by atoms with E-state index >= 15 is 0 Å². The van der Waals surface area contributed by atoms with Crippen LogP contribution < -0.4 is 0 Å². The summed E-state index contributed by atoms with van der Waals surface area (Å²) in [6.07, 6.45) is 5.05. The Bertz CT molecular complexity index is 348. The van der Waals surface area contributed by atoms with Crippen LogP contribution in [0.4, 0.5) is 0 Å². The van der Waals surface area contributed by atoms with Gasteiger partial charge in [0.15, 0.2) is 11.6 Å². The molecule has 0 saturated heterocycles. The number of nitrogens with zero attached hydrogens (tertiary/aromatic N) is 1. The first-order valence-corrected chi connectivity index (χ1v) is 5.26. The van der Waals surface area contributed by atoms with Crippen LogP contribution >= 0.6 is 0 Å². The molecule has 1 saturated carbocycles. The fourth-order valence-electron chi connectivity index (χ4n) is 2.24. The van der Waals surface area contributed by atoms with E-state index in [1.54, 1.807) is 6.92 Å². The summed E-state index contributed by atoms with van der Waals surface area (Å²) in [6, 6.07) is 0. The lowest BCUT2D eigenvalue weighted by Gasteiger charge is -2.05. The Labute approximate surface area is 83.9 Å². The predicted octanol–water partition coefficient (Wildman–Crippen LogP) is 2.58. The van der Waals surface area contributed by atoms with Crippen molar-refractivity contribution in [1.82, 2.24) is 9.97 Å². The standard InChI is InChI=1S/C11H16N2O/c1-7-10(9-5-3-4-6-9)13-11(12-7)8(2)14/h9H,3-6H2,1-2H3,(H,12,13). The van der Waals surface area contributed by atoms with Crippen molar-refractivity contribution in [3.8, 4) is 0 Å². The van der Waals surface area contributed by atoms with Crippen molar-refractivity contribution in [2.24, 2.45) is 0 Å². The molecular formula is C11H16N2O. The number of aryl methyl sites for hydroxylation is 1. The van der Waals surface area contributed by atoms with E-state index in [0.29, 0.717) is 11.7 Å². The van der Waals surface area contributed by atoms with Crippen LogP contribution in [0, 0.1) is 6.92 Å². The molecule has 0 bridgehead atoms. The van der Waals surface area contributed by atoms with E-state index in [1.165, 1.54) is 25.7 Å². The van der Waals surface area contributed by atoms with Crippen molar-refractivity contribution in [2.75, 3.05) is 0 Å². The molecule has 0 unspecified atom stereocenters. The van der Waals surface area contributed by atoms with Crippen LogP contribution in [0.5, 0.6) is 0 Å². The first kappa shape index (κ1) is 9.44. The van der Waals surface area contributed by atoms with Gasteiger partial charge in [-0.05, 0) is 19.8 Å². The van der Waals surface area contributed by atoms with E-state index in [-0.39, 0.29) is 5.78 Å². The molecule has 3 nitrogen and oxygen atoms in total. The minimum Gasteiger partial charge on any atom is -0.339 e. The van der Waals surface area contributed by atoms with Gasteiger partial charge < -0.3 is 4.98 Å². The number of imidazole rings is 1. The minimum absolute atomic E-state index is 0.0253. The molecule has 0 amide bonds. The first-order chi connectivity index (χ1) is 6.68. The van der Waals surface area contributed by atoms with Gasteiger partial charge in [-0.3, -0.25) is 4.79 Å². The molecule has 0 spiro atoms. The Morgan fingerprint density at radius 2 is 2.07 bits per heavy atom. The van der Waals surface area contributed by atoms with Crippen molar-refractivity contribution in [3.63, 3.8) is 0 Å². The number of carbonyl (C=O) groups is 1. The van der Waals surface area contributed by atoms with Gasteiger partial charge in [0.05, 0.1) is 5.69 Å². The Balaban J connectivity index is 2.28. The third kappa shape index (κ3) is 1.59. The molecule has 76 valence electrons. The Morgan fingerprint density at radius 1 is 1.43 bits per heavy atom. The van der Waals surface area contributed by atoms with E-state index in [0.717, 1.165) is 11.4 Å². The summed E-state index contributed by atoms with van der Waals surface area (Å²) in [5.41, 5.74) is 2.19. The predicted molar refractivity (Wildman–Crippen MR) is 54.5 cm³/mol. The zero-order valence-electron chi connectivity index (χ0n) is 8.76. The van der Waals surface area contributed by atoms with E-state index in [9.17, 15) is 4.79 Å². The third-order valence-electron chi connectivity index (χ3n) is 3.00. The van der Waals surface area contributed by atoms with Crippen LogP contribution in [0.25, 0.3) is 0 Å². The minimum atomic E-state index is 0.0253. The molecule has 14 heavy (non-hydrogen) atoms. The van der Waals surface area contributed by atoms with Gasteiger partial charge >= 0.3 is 0 Å². The first-order valence-electron chi connectivity index (χ1n) is 5.26. The molecule has 0 aliphatic heterocycles. The van der Waals surface area contributed by atoms with Crippen LogP contribution in [0.15, 0.2) is 0 Å². The van der Waals surface area contributed by atoms with Gasteiger partial charge in [0.1, 0.15) is 0 Å². The maximum absolute atomic E-state index is 11.1. The van der Waals surface area contributed by atoms with Gasteiger partial charge in [0, 0.05) is 18.5 Å². The average Bonchev–Trinajstić information content (AvgIpc) is 2.71. The van der Waals surface area contributed by atoms with Gasteiger partial charge in [-0.1, -0.05) is 12.8 Å². The van der Waals surface area contributed by atoms with Gasteiger partial charge in [-0.2, -0.15) is 0 Å². The molecule has 1 heterocycles. The highest BCUT2D eigenvalue weighted by molar-refractivity contribution is 5.90. The number of hydrogen-bond donors (Lipinski definition) is 1. The van der Waals surface area contributed by atoms with E-state index < -0.39 is 0 Å². The second kappa shape index (κ2) is 3.56. The van der Waals surface area contributed by atoms with Crippen molar-refractivity contribution in [2.45, 2.75) is 45.4 Å². The average molecular weight is 192 g/mol. The molecule has 0 radical (unpaired) electrons. The van der Waals surface area contributed by atoms with E-state index in [1.807, 2.05) is 6.92 Å². The largest absolute Gasteiger partial charge is 0.339 e. The summed E-state index contributed by atoms with van der Waals surface area (Å²) in [4.78, 5) is 18.6. The smallest absolute Gasteiger partial charge is 0.194 e. The van der Waals surface area contributed by atoms with Crippen LogP contribution in [0.3, 0.4) is 0 Å². The maximum Gasteiger partial charge on any atom is 0.194 e. The zero-order valence-corrected chi connectivity index (χ0v) is 8.76. The Morgan fingerprint density at radius 3 is 2.57 bits per heavy atom. The lowest BCUT2D eigenvalue weighted by atomic mass is 10.0. The number of rotatable bonds is 2. The monoisotopic (exact) mass is 192 g/mol. The third-order valence-corrected chi connectivity index (χ3v) is 3.00. The fourth-order valence-corrected chi connectivity index (χ4v) is 2.24. The number of H-pyrrole nitrogens is 1. The SMILES string of the molecule is CC(=O)c1nc(C2CCCC2)c(C)[nH]1. The molecule has 1 aliphatic carbocycles. The quantitative estimate of drug-likeness (QED) is 0.732. The summed E-state index contributed by atoms with van der Waals surface area (Å²) in [7, 11) is 0. The number of ketones is 1. The maximum atomic E-state index is 11.1. The number of carbonyl (C=O) groups excluding carboxylic acids is 1. The van der Waals surface area contributed by atoms with E-state index in [4.69, 9.17) is 0 Å².